The van der Waals surface area contributed by atoms with Gasteiger partial charge in [-0.05, 0) is 31.2 Å². The summed E-state index contributed by atoms with van der Waals surface area (Å²) < 4.78 is 5.65. The SMILES string of the molecule is CC(N)c1ccc(C(=O)Nc2ccncc2)cc1OCCCO.Cl.Cl. The number of carbonyl (C=O) groups is 1. The number of ether oxygens (including phenoxy) is 1. The molecule has 0 aliphatic carbocycles. The standard InChI is InChI=1S/C17H21N3O3.2ClH/c1-12(18)15-4-3-13(11-16(15)23-10-2-9-21)17(22)20-14-5-7-19-8-6-14;;/h3-8,11-12,21H,2,9-10,18H2,1H3,(H,19,20,22);2*1H. The molecule has 0 aliphatic rings. The summed E-state index contributed by atoms with van der Waals surface area (Å²) in [6.45, 7) is 2.27. The fourth-order valence-electron chi connectivity index (χ4n) is 2.06. The van der Waals surface area contributed by atoms with Crippen molar-refractivity contribution in [3.8, 4) is 5.75 Å². The molecule has 8 heteroatoms. The largest absolute Gasteiger partial charge is 0.493 e. The average molecular weight is 388 g/mol. The second-order valence-corrected chi connectivity index (χ2v) is 5.16. The Labute approximate surface area is 159 Å². The molecule has 2 rings (SSSR count). The third-order valence-electron chi connectivity index (χ3n) is 3.26. The lowest BCUT2D eigenvalue weighted by Crippen LogP contribution is -2.14. The van der Waals surface area contributed by atoms with Crippen LogP contribution in [0.4, 0.5) is 5.69 Å². The van der Waals surface area contributed by atoms with E-state index in [0.29, 0.717) is 30.0 Å². The lowest BCUT2D eigenvalue weighted by Gasteiger charge is -2.15. The molecule has 0 fully saturated rings. The van der Waals surface area contributed by atoms with Crippen LogP contribution < -0.4 is 15.8 Å². The Morgan fingerprint density at radius 3 is 2.56 bits per heavy atom. The Hall–Kier alpha value is -1.86. The number of pyridine rings is 1. The van der Waals surface area contributed by atoms with Crippen molar-refractivity contribution in [2.24, 2.45) is 5.73 Å². The van der Waals surface area contributed by atoms with Crippen molar-refractivity contribution in [2.45, 2.75) is 19.4 Å². The molecule has 0 saturated heterocycles. The molecule has 4 N–H and O–H groups in total. The highest BCUT2D eigenvalue weighted by atomic mass is 35.5. The molecule has 6 nitrogen and oxygen atoms in total. The van der Waals surface area contributed by atoms with Gasteiger partial charge in [0, 0.05) is 48.3 Å². The van der Waals surface area contributed by atoms with E-state index in [1.807, 2.05) is 6.92 Å². The van der Waals surface area contributed by atoms with Crippen LogP contribution in [0.3, 0.4) is 0 Å². The topological polar surface area (TPSA) is 97.5 Å². The third-order valence-corrected chi connectivity index (χ3v) is 3.26. The number of nitrogens with two attached hydrogens (primary N) is 1. The number of aromatic nitrogens is 1. The fourth-order valence-corrected chi connectivity index (χ4v) is 2.06. The number of aliphatic hydroxyl groups excluding tert-OH is 1. The normalized spacial score (nSPS) is 10.8. The number of amides is 1. The van der Waals surface area contributed by atoms with Crippen LogP contribution in [0.2, 0.25) is 0 Å². The minimum atomic E-state index is -0.237. The van der Waals surface area contributed by atoms with Crippen molar-refractivity contribution >= 4 is 36.4 Å². The number of rotatable bonds is 7. The summed E-state index contributed by atoms with van der Waals surface area (Å²) in [5, 5.41) is 11.7. The Morgan fingerprint density at radius 1 is 1.28 bits per heavy atom. The van der Waals surface area contributed by atoms with Crippen LogP contribution in [-0.4, -0.2) is 29.2 Å². The van der Waals surface area contributed by atoms with Crippen LogP contribution in [0.15, 0.2) is 42.7 Å². The van der Waals surface area contributed by atoms with Gasteiger partial charge < -0.3 is 20.9 Å². The molecular formula is C17H23Cl2N3O3. The number of anilines is 1. The molecule has 1 aromatic carbocycles. The van der Waals surface area contributed by atoms with Crippen LogP contribution in [0.25, 0.3) is 0 Å². The van der Waals surface area contributed by atoms with E-state index in [0.717, 1.165) is 5.56 Å². The Morgan fingerprint density at radius 2 is 1.96 bits per heavy atom. The van der Waals surface area contributed by atoms with Crippen LogP contribution in [0.5, 0.6) is 5.75 Å². The fraction of sp³-hybridized carbons (Fsp3) is 0.294. The summed E-state index contributed by atoms with van der Waals surface area (Å²) >= 11 is 0. The average Bonchev–Trinajstić information content (AvgIpc) is 2.55. The van der Waals surface area contributed by atoms with Crippen LogP contribution in [-0.2, 0) is 0 Å². The molecule has 1 unspecified atom stereocenters. The van der Waals surface area contributed by atoms with Gasteiger partial charge in [0.2, 0.25) is 0 Å². The molecule has 138 valence electrons. The predicted molar refractivity (Wildman–Crippen MR) is 103 cm³/mol. The molecule has 0 radical (unpaired) electrons. The number of hydrogen-bond donors (Lipinski definition) is 3. The van der Waals surface area contributed by atoms with E-state index >= 15 is 0 Å². The van der Waals surface area contributed by atoms with Gasteiger partial charge in [0.1, 0.15) is 5.75 Å². The van der Waals surface area contributed by atoms with Gasteiger partial charge in [0.05, 0.1) is 6.61 Å². The first kappa shape index (κ1) is 23.1. The van der Waals surface area contributed by atoms with E-state index in [4.69, 9.17) is 15.6 Å². The summed E-state index contributed by atoms with van der Waals surface area (Å²) in [7, 11) is 0. The number of nitrogens with zero attached hydrogens (tertiary/aromatic N) is 1. The molecule has 0 spiro atoms. The second kappa shape index (κ2) is 11.7. The molecule has 25 heavy (non-hydrogen) atoms. The summed E-state index contributed by atoms with van der Waals surface area (Å²) in [5.74, 6) is 0.329. The summed E-state index contributed by atoms with van der Waals surface area (Å²) in [6.07, 6.45) is 3.74. The molecule has 1 aromatic heterocycles. The van der Waals surface area contributed by atoms with Crippen molar-refractivity contribution in [2.75, 3.05) is 18.5 Å². The first-order valence-corrected chi connectivity index (χ1v) is 7.46. The van der Waals surface area contributed by atoms with Crippen molar-refractivity contribution < 1.29 is 14.6 Å². The smallest absolute Gasteiger partial charge is 0.255 e. The van der Waals surface area contributed by atoms with Crippen LogP contribution in [0, 0.1) is 0 Å². The number of nitrogens with one attached hydrogen (secondary N) is 1. The van der Waals surface area contributed by atoms with Crippen molar-refractivity contribution in [3.63, 3.8) is 0 Å². The van der Waals surface area contributed by atoms with Crippen LogP contribution >= 0.6 is 24.8 Å². The van der Waals surface area contributed by atoms with Gasteiger partial charge in [-0.25, -0.2) is 0 Å². The monoisotopic (exact) mass is 387 g/mol. The van der Waals surface area contributed by atoms with E-state index in [9.17, 15) is 4.79 Å². The van der Waals surface area contributed by atoms with Crippen molar-refractivity contribution in [1.82, 2.24) is 4.98 Å². The molecule has 1 atom stereocenters. The van der Waals surface area contributed by atoms with E-state index in [2.05, 4.69) is 10.3 Å². The minimum absolute atomic E-state index is 0. The van der Waals surface area contributed by atoms with Crippen molar-refractivity contribution in [3.05, 3.63) is 53.9 Å². The van der Waals surface area contributed by atoms with E-state index in [1.54, 1.807) is 42.7 Å². The Bertz CT molecular complexity index is 655. The number of hydrogen-bond acceptors (Lipinski definition) is 5. The first-order valence-electron chi connectivity index (χ1n) is 7.46. The zero-order chi connectivity index (χ0) is 16.7. The number of benzene rings is 1. The van der Waals surface area contributed by atoms with E-state index in [-0.39, 0.29) is 43.4 Å². The lowest BCUT2D eigenvalue weighted by atomic mass is 10.0. The summed E-state index contributed by atoms with van der Waals surface area (Å²) in [5.41, 5.74) is 7.90. The van der Waals surface area contributed by atoms with Crippen molar-refractivity contribution in [1.29, 1.82) is 0 Å². The Kier molecular flexibility index (Phi) is 10.8. The molecule has 0 aliphatic heterocycles. The zero-order valence-electron chi connectivity index (χ0n) is 13.8. The zero-order valence-corrected chi connectivity index (χ0v) is 15.5. The van der Waals surface area contributed by atoms with E-state index < -0.39 is 0 Å². The van der Waals surface area contributed by atoms with Crippen LogP contribution in [0.1, 0.15) is 35.3 Å². The summed E-state index contributed by atoms with van der Waals surface area (Å²) in [6, 6.07) is 8.40. The molecular weight excluding hydrogens is 365 g/mol. The van der Waals surface area contributed by atoms with Gasteiger partial charge >= 0.3 is 0 Å². The number of carbonyl (C=O) groups excluding carboxylic acids is 1. The van der Waals surface area contributed by atoms with Gasteiger partial charge in [-0.2, -0.15) is 0 Å². The minimum Gasteiger partial charge on any atom is -0.493 e. The maximum atomic E-state index is 12.3. The van der Waals surface area contributed by atoms with Gasteiger partial charge in [0.15, 0.2) is 0 Å². The highest BCUT2D eigenvalue weighted by molar-refractivity contribution is 6.04. The van der Waals surface area contributed by atoms with Gasteiger partial charge in [-0.1, -0.05) is 6.07 Å². The molecule has 1 amide bonds. The molecule has 0 saturated carbocycles. The van der Waals surface area contributed by atoms with Gasteiger partial charge in [-0.15, -0.1) is 24.8 Å². The Balaban J connectivity index is 0.00000288. The highest BCUT2D eigenvalue weighted by Crippen LogP contribution is 2.26. The second-order valence-electron chi connectivity index (χ2n) is 5.16. The summed E-state index contributed by atoms with van der Waals surface area (Å²) in [4.78, 5) is 16.2. The van der Waals surface area contributed by atoms with Gasteiger partial charge in [-0.3, -0.25) is 9.78 Å². The first-order chi connectivity index (χ1) is 11.1. The third kappa shape index (κ3) is 6.88. The molecule has 2 aromatic rings. The molecule has 0 bridgehead atoms. The maximum Gasteiger partial charge on any atom is 0.255 e. The maximum absolute atomic E-state index is 12.3. The predicted octanol–water partition coefficient (Wildman–Crippen LogP) is 2.96. The lowest BCUT2D eigenvalue weighted by molar-refractivity contribution is 0.102. The van der Waals surface area contributed by atoms with Gasteiger partial charge in [0.25, 0.3) is 5.91 Å². The number of halogens is 2. The number of aliphatic hydroxyl groups is 1. The highest BCUT2D eigenvalue weighted by Gasteiger charge is 2.13. The van der Waals surface area contributed by atoms with E-state index in [1.165, 1.54) is 0 Å². The quantitative estimate of drug-likeness (QED) is 0.634. The molecule has 1 heterocycles.